The molecule has 33 heavy (non-hydrogen) atoms. The summed E-state index contributed by atoms with van der Waals surface area (Å²) in [5, 5.41) is 2.93. The monoisotopic (exact) mass is 444 g/mol. The van der Waals surface area contributed by atoms with Gasteiger partial charge in [-0.3, -0.25) is 9.69 Å². The van der Waals surface area contributed by atoms with Crippen molar-refractivity contribution in [3.63, 3.8) is 0 Å². The summed E-state index contributed by atoms with van der Waals surface area (Å²) in [6.07, 6.45) is 2.30. The van der Waals surface area contributed by atoms with E-state index in [0.717, 1.165) is 42.4 Å². The largest absolute Gasteiger partial charge is 0.497 e. The predicted molar refractivity (Wildman–Crippen MR) is 127 cm³/mol. The molecule has 1 amide bonds. The first kappa shape index (κ1) is 21.3. The maximum atomic E-state index is 12.6. The highest BCUT2D eigenvalue weighted by Crippen LogP contribution is 2.38. The molecule has 6 heteroatoms. The number of anilines is 1. The second-order valence-electron chi connectivity index (χ2n) is 8.41. The van der Waals surface area contributed by atoms with Gasteiger partial charge >= 0.3 is 0 Å². The zero-order chi connectivity index (χ0) is 22.6. The first-order valence-corrected chi connectivity index (χ1v) is 11.4. The van der Waals surface area contributed by atoms with E-state index in [0.29, 0.717) is 24.8 Å². The Morgan fingerprint density at radius 1 is 1.00 bits per heavy atom. The Kier molecular flexibility index (Phi) is 6.17. The number of methoxy groups -OCH3 is 1. The zero-order valence-electron chi connectivity index (χ0n) is 18.8. The molecule has 0 bridgehead atoms. The number of fused-ring (bicyclic) bond motifs is 1. The lowest BCUT2D eigenvalue weighted by molar-refractivity contribution is 0.102. The molecule has 3 aromatic carbocycles. The Bertz CT molecular complexity index is 1110. The molecule has 1 fully saturated rings. The second-order valence-corrected chi connectivity index (χ2v) is 8.41. The summed E-state index contributed by atoms with van der Waals surface area (Å²) < 4.78 is 16.6. The maximum absolute atomic E-state index is 12.6. The molecule has 0 radical (unpaired) electrons. The van der Waals surface area contributed by atoms with Crippen molar-refractivity contribution < 1.29 is 19.0 Å². The number of nitrogens with one attached hydrogen (secondary N) is 1. The van der Waals surface area contributed by atoms with Gasteiger partial charge in [0.2, 0.25) is 0 Å². The molecule has 2 aliphatic heterocycles. The molecule has 0 saturated carbocycles. The number of hydrogen-bond acceptors (Lipinski definition) is 5. The van der Waals surface area contributed by atoms with E-state index in [-0.39, 0.29) is 5.91 Å². The van der Waals surface area contributed by atoms with Crippen molar-refractivity contribution in [3.8, 4) is 17.2 Å². The molecule has 0 aliphatic carbocycles. The van der Waals surface area contributed by atoms with Gasteiger partial charge in [-0.25, -0.2) is 0 Å². The van der Waals surface area contributed by atoms with Crippen molar-refractivity contribution in [2.24, 2.45) is 0 Å². The average Bonchev–Trinajstić information content (AvgIpc) is 3.32. The SMILES string of the molecule is COc1ccc(NC(=O)c2ccc(CN3CCCC3c3ccc4c(c3)OCCO4)cc2)cc1. The van der Waals surface area contributed by atoms with Gasteiger partial charge in [0.15, 0.2) is 11.5 Å². The fourth-order valence-electron chi connectivity index (χ4n) is 4.53. The van der Waals surface area contributed by atoms with Crippen molar-refractivity contribution in [2.45, 2.75) is 25.4 Å². The van der Waals surface area contributed by atoms with Gasteiger partial charge in [0.05, 0.1) is 7.11 Å². The standard InChI is InChI=1S/C27H28N2O4/c1-31-23-11-9-22(10-12-23)28-27(30)20-6-4-19(5-7-20)18-29-14-2-3-24(29)21-8-13-25-26(17-21)33-16-15-32-25/h4-13,17,24H,2-3,14-16,18H2,1H3,(H,28,30). The highest BCUT2D eigenvalue weighted by molar-refractivity contribution is 6.04. The molecule has 5 rings (SSSR count). The minimum absolute atomic E-state index is 0.123. The molecule has 170 valence electrons. The third kappa shape index (κ3) is 4.81. The number of nitrogens with zero attached hydrogens (tertiary/aromatic N) is 1. The zero-order valence-corrected chi connectivity index (χ0v) is 18.8. The topological polar surface area (TPSA) is 60.0 Å². The molecule has 0 aromatic heterocycles. The number of carbonyl (C=O) groups excluding carboxylic acids is 1. The van der Waals surface area contributed by atoms with E-state index >= 15 is 0 Å². The van der Waals surface area contributed by atoms with Crippen LogP contribution >= 0.6 is 0 Å². The molecule has 1 unspecified atom stereocenters. The van der Waals surface area contributed by atoms with Crippen LogP contribution in [-0.2, 0) is 6.54 Å². The number of likely N-dealkylation sites (tertiary alicyclic amines) is 1. The first-order chi connectivity index (χ1) is 16.2. The van der Waals surface area contributed by atoms with Crippen LogP contribution in [0, 0.1) is 0 Å². The van der Waals surface area contributed by atoms with Gasteiger partial charge in [0, 0.05) is 23.8 Å². The smallest absolute Gasteiger partial charge is 0.255 e. The first-order valence-electron chi connectivity index (χ1n) is 11.4. The fourth-order valence-corrected chi connectivity index (χ4v) is 4.53. The molecule has 1 atom stereocenters. The van der Waals surface area contributed by atoms with Gasteiger partial charge in [-0.05, 0) is 79.0 Å². The Balaban J connectivity index is 1.23. The van der Waals surface area contributed by atoms with E-state index in [1.165, 1.54) is 17.5 Å². The third-order valence-electron chi connectivity index (χ3n) is 6.26. The summed E-state index contributed by atoms with van der Waals surface area (Å²) in [7, 11) is 1.62. The van der Waals surface area contributed by atoms with Crippen molar-refractivity contribution in [1.82, 2.24) is 4.90 Å². The van der Waals surface area contributed by atoms with E-state index in [2.05, 4.69) is 22.3 Å². The Hall–Kier alpha value is -3.51. The predicted octanol–water partition coefficient (Wildman–Crippen LogP) is 5.06. The van der Waals surface area contributed by atoms with Crippen molar-refractivity contribution in [2.75, 3.05) is 32.2 Å². The van der Waals surface area contributed by atoms with Crippen LogP contribution in [0.2, 0.25) is 0 Å². The van der Waals surface area contributed by atoms with E-state index < -0.39 is 0 Å². The van der Waals surface area contributed by atoms with Crippen LogP contribution < -0.4 is 19.5 Å². The van der Waals surface area contributed by atoms with Gasteiger partial charge < -0.3 is 19.5 Å². The molecule has 0 spiro atoms. The molecule has 1 saturated heterocycles. The number of amides is 1. The summed E-state index contributed by atoms with van der Waals surface area (Å²) in [6.45, 7) is 3.11. The van der Waals surface area contributed by atoms with E-state index in [1.807, 2.05) is 54.6 Å². The molecule has 1 N–H and O–H groups in total. The van der Waals surface area contributed by atoms with Gasteiger partial charge in [-0.1, -0.05) is 18.2 Å². The number of benzene rings is 3. The van der Waals surface area contributed by atoms with Crippen molar-refractivity contribution in [1.29, 1.82) is 0 Å². The van der Waals surface area contributed by atoms with Gasteiger partial charge in [0.25, 0.3) is 5.91 Å². The number of hydrogen-bond donors (Lipinski definition) is 1. The molecular weight excluding hydrogens is 416 g/mol. The lowest BCUT2D eigenvalue weighted by atomic mass is 10.0. The Morgan fingerprint density at radius 3 is 2.52 bits per heavy atom. The summed E-state index contributed by atoms with van der Waals surface area (Å²) in [4.78, 5) is 15.1. The van der Waals surface area contributed by atoms with Gasteiger partial charge in [-0.15, -0.1) is 0 Å². The lowest BCUT2D eigenvalue weighted by Gasteiger charge is -2.26. The van der Waals surface area contributed by atoms with Gasteiger partial charge in [-0.2, -0.15) is 0 Å². The normalized spacial score (nSPS) is 17.5. The highest BCUT2D eigenvalue weighted by atomic mass is 16.6. The van der Waals surface area contributed by atoms with Crippen LogP contribution in [0.3, 0.4) is 0 Å². The summed E-state index contributed by atoms with van der Waals surface area (Å²) >= 11 is 0. The minimum Gasteiger partial charge on any atom is -0.497 e. The molecule has 2 aliphatic rings. The van der Waals surface area contributed by atoms with Crippen molar-refractivity contribution in [3.05, 3.63) is 83.4 Å². The van der Waals surface area contributed by atoms with Crippen LogP contribution in [-0.4, -0.2) is 37.7 Å². The summed E-state index contributed by atoms with van der Waals surface area (Å²) in [5.41, 5.74) is 3.84. The second kappa shape index (κ2) is 9.55. The molecule has 2 heterocycles. The maximum Gasteiger partial charge on any atom is 0.255 e. The quantitative estimate of drug-likeness (QED) is 0.576. The van der Waals surface area contributed by atoms with E-state index in [1.54, 1.807) is 7.11 Å². The highest BCUT2D eigenvalue weighted by Gasteiger charge is 2.27. The molecular formula is C27H28N2O4. The van der Waals surface area contributed by atoms with Crippen LogP contribution in [0.5, 0.6) is 17.2 Å². The Morgan fingerprint density at radius 2 is 1.76 bits per heavy atom. The third-order valence-corrected chi connectivity index (χ3v) is 6.26. The van der Waals surface area contributed by atoms with Crippen LogP contribution in [0.15, 0.2) is 66.7 Å². The Labute approximate surface area is 194 Å². The van der Waals surface area contributed by atoms with E-state index in [4.69, 9.17) is 14.2 Å². The lowest BCUT2D eigenvalue weighted by Crippen LogP contribution is -2.23. The van der Waals surface area contributed by atoms with Crippen LogP contribution in [0.4, 0.5) is 5.69 Å². The molecule has 6 nitrogen and oxygen atoms in total. The number of ether oxygens (including phenoxy) is 3. The van der Waals surface area contributed by atoms with Crippen LogP contribution in [0.1, 0.15) is 40.4 Å². The fraction of sp³-hybridized carbons (Fsp3) is 0.296. The average molecular weight is 445 g/mol. The van der Waals surface area contributed by atoms with Crippen LogP contribution in [0.25, 0.3) is 0 Å². The summed E-state index contributed by atoms with van der Waals surface area (Å²) in [6, 6.07) is 21.9. The summed E-state index contributed by atoms with van der Waals surface area (Å²) in [5.74, 6) is 2.31. The van der Waals surface area contributed by atoms with Gasteiger partial charge in [0.1, 0.15) is 19.0 Å². The number of rotatable bonds is 6. The minimum atomic E-state index is -0.123. The number of carbonyl (C=O) groups is 1. The van der Waals surface area contributed by atoms with Crippen molar-refractivity contribution >= 4 is 11.6 Å². The van der Waals surface area contributed by atoms with E-state index in [9.17, 15) is 4.79 Å². The molecule has 3 aromatic rings.